The van der Waals surface area contributed by atoms with E-state index in [4.69, 9.17) is 4.74 Å². The number of amides is 2. The highest BCUT2D eigenvalue weighted by Crippen LogP contribution is 2.39. The number of ether oxygens (including phenoxy) is 1. The zero-order chi connectivity index (χ0) is 21.3. The summed E-state index contributed by atoms with van der Waals surface area (Å²) >= 11 is 0. The first-order valence-corrected chi connectivity index (χ1v) is 10.4. The molecule has 0 radical (unpaired) electrons. The lowest BCUT2D eigenvalue weighted by Gasteiger charge is -2.48. The van der Waals surface area contributed by atoms with Crippen molar-refractivity contribution >= 4 is 12.0 Å². The monoisotopic (exact) mass is 412 g/mol. The molecule has 2 aliphatic heterocycles. The van der Waals surface area contributed by atoms with E-state index < -0.39 is 0 Å². The highest BCUT2D eigenvalue weighted by molar-refractivity contribution is 5.76. The summed E-state index contributed by atoms with van der Waals surface area (Å²) in [5, 5.41) is 8.84. The van der Waals surface area contributed by atoms with Crippen LogP contribution in [0.1, 0.15) is 38.9 Å². The molecule has 9 nitrogen and oxygen atoms in total. The van der Waals surface area contributed by atoms with E-state index in [0.29, 0.717) is 38.5 Å². The topological polar surface area (TPSA) is 93.5 Å². The van der Waals surface area contributed by atoms with E-state index in [9.17, 15) is 9.59 Å². The molecule has 0 aliphatic carbocycles. The lowest BCUT2D eigenvalue weighted by Crippen LogP contribution is -2.57. The van der Waals surface area contributed by atoms with Gasteiger partial charge in [-0.05, 0) is 30.9 Å². The van der Waals surface area contributed by atoms with Crippen LogP contribution in [-0.2, 0) is 21.6 Å². The van der Waals surface area contributed by atoms with Crippen molar-refractivity contribution < 1.29 is 14.3 Å². The molecule has 0 atom stereocenters. The Morgan fingerprint density at radius 3 is 2.60 bits per heavy atom. The number of carbonyl (C=O) groups is 2. The van der Waals surface area contributed by atoms with E-state index in [2.05, 4.69) is 33.6 Å². The molecule has 1 fully saturated rings. The van der Waals surface area contributed by atoms with Crippen molar-refractivity contribution in [2.75, 3.05) is 26.7 Å². The zero-order valence-electron chi connectivity index (χ0n) is 17.7. The number of piperidine rings is 1. The van der Waals surface area contributed by atoms with Crippen LogP contribution < -0.4 is 0 Å². The van der Waals surface area contributed by atoms with Crippen LogP contribution in [0.15, 0.2) is 24.5 Å². The van der Waals surface area contributed by atoms with Crippen LogP contribution >= 0.6 is 0 Å². The predicted octanol–water partition coefficient (Wildman–Crippen LogP) is 2.29. The van der Waals surface area contributed by atoms with E-state index in [1.54, 1.807) is 17.3 Å². The maximum absolute atomic E-state index is 12.6. The van der Waals surface area contributed by atoms with Crippen molar-refractivity contribution in [2.45, 2.75) is 45.2 Å². The maximum atomic E-state index is 12.6. The highest BCUT2D eigenvalue weighted by atomic mass is 16.5. The fraction of sp³-hybridized carbons (Fsp3) is 0.571. The summed E-state index contributed by atoms with van der Waals surface area (Å²) in [5.74, 6) is 2.01. The van der Waals surface area contributed by atoms with E-state index in [0.717, 1.165) is 30.1 Å². The van der Waals surface area contributed by atoms with Crippen LogP contribution in [0.4, 0.5) is 4.79 Å². The molecule has 2 amide bonds. The molecular formula is C21H28N6O3. The molecule has 9 heteroatoms. The number of hydrogen-bond acceptors (Lipinski definition) is 6. The van der Waals surface area contributed by atoms with Crippen LogP contribution in [0.5, 0.6) is 0 Å². The van der Waals surface area contributed by atoms with Crippen molar-refractivity contribution in [3.8, 4) is 11.4 Å². The molecule has 1 saturated heterocycles. The molecule has 0 saturated carbocycles. The summed E-state index contributed by atoms with van der Waals surface area (Å²) in [6.45, 7) is 6.25. The number of rotatable bonds is 3. The molecule has 0 unspecified atom stereocenters. The van der Waals surface area contributed by atoms with Gasteiger partial charge in [-0.3, -0.25) is 14.7 Å². The summed E-state index contributed by atoms with van der Waals surface area (Å²) in [6.07, 6.45) is 5.14. The van der Waals surface area contributed by atoms with Crippen LogP contribution in [0.25, 0.3) is 11.4 Å². The fourth-order valence-corrected chi connectivity index (χ4v) is 4.54. The third kappa shape index (κ3) is 3.64. The average molecular weight is 412 g/mol. The second kappa shape index (κ2) is 8.04. The molecule has 2 aromatic rings. The van der Waals surface area contributed by atoms with Crippen LogP contribution in [0.2, 0.25) is 0 Å². The number of nitrogens with zero attached hydrogens (tertiary/aromatic N) is 6. The molecule has 2 aliphatic rings. The van der Waals surface area contributed by atoms with Crippen molar-refractivity contribution in [1.29, 1.82) is 0 Å². The Balaban J connectivity index is 1.68. The fourth-order valence-electron chi connectivity index (χ4n) is 4.54. The molecule has 160 valence electrons. The molecule has 4 rings (SSSR count). The third-order valence-corrected chi connectivity index (χ3v) is 6.00. The van der Waals surface area contributed by atoms with Gasteiger partial charge in [0.2, 0.25) is 5.91 Å². The first-order chi connectivity index (χ1) is 14.4. The summed E-state index contributed by atoms with van der Waals surface area (Å²) in [4.78, 5) is 32.8. The van der Waals surface area contributed by atoms with Crippen LogP contribution in [0.3, 0.4) is 0 Å². The standard InChI is InChI=1S/C21H28N6O3/c1-15(2)11-18(28)25-9-6-21(7-10-25)14-26(20(29)30-3)13-17-23-24-19(27(17)21)16-5-4-8-22-12-16/h4-5,8,12,15H,6-7,9-11,13-14H2,1-3H3. The minimum atomic E-state index is -0.384. The Hall–Kier alpha value is -2.97. The smallest absolute Gasteiger partial charge is 0.409 e. The molecule has 0 bridgehead atoms. The van der Waals surface area contributed by atoms with Crippen LogP contribution in [-0.4, -0.2) is 68.3 Å². The van der Waals surface area contributed by atoms with Gasteiger partial charge >= 0.3 is 6.09 Å². The van der Waals surface area contributed by atoms with Crippen molar-refractivity contribution in [1.82, 2.24) is 29.5 Å². The first-order valence-electron chi connectivity index (χ1n) is 10.4. The van der Waals surface area contributed by atoms with E-state index in [-0.39, 0.29) is 17.5 Å². The summed E-state index contributed by atoms with van der Waals surface area (Å²) in [7, 11) is 1.39. The Labute approximate surface area is 176 Å². The second-order valence-electron chi connectivity index (χ2n) is 8.55. The Bertz CT molecular complexity index is 918. The number of aromatic nitrogens is 4. The summed E-state index contributed by atoms with van der Waals surface area (Å²) < 4.78 is 7.16. The molecule has 0 aromatic carbocycles. The summed E-state index contributed by atoms with van der Waals surface area (Å²) in [5.41, 5.74) is 0.505. The average Bonchev–Trinajstić information content (AvgIpc) is 3.19. The van der Waals surface area contributed by atoms with Gasteiger partial charge in [0.05, 0.1) is 19.2 Å². The number of fused-ring (bicyclic) bond motifs is 2. The maximum Gasteiger partial charge on any atom is 0.409 e. The minimum absolute atomic E-state index is 0.192. The lowest BCUT2D eigenvalue weighted by atomic mass is 9.84. The van der Waals surface area contributed by atoms with Gasteiger partial charge in [-0.1, -0.05) is 13.8 Å². The predicted molar refractivity (Wildman–Crippen MR) is 109 cm³/mol. The lowest BCUT2D eigenvalue weighted by molar-refractivity contribution is -0.134. The van der Waals surface area contributed by atoms with Crippen LogP contribution in [0, 0.1) is 5.92 Å². The van der Waals surface area contributed by atoms with Gasteiger partial charge in [-0.2, -0.15) is 0 Å². The van der Waals surface area contributed by atoms with E-state index in [1.807, 2.05) is 17.0 Å². The van der Waals surface area contributed by atoms with Gasteiger partial charge in [0, 0.05) is 44.0 Å². The van der Waals surface area contributed by atoms with Gasteiger partial charge in [-0.15, -0.1) is 10.2 Å². The SMILES string of the molecule is COC(=O)N1Cc2nnc(-c3cccnc3)n2C2(CCN(C(=O)CC(C)C)CC2)C1. The van der Waals surface area contributed by atoms with Crippen molar-refractivity contribution in [3.63, 3.8) is 0 Å². The van der Waals surface area contributed by atoms with Crippen molar-refractivity contribution in [2.24, 2.45) is 5.92 Å². The number of likely N-dealkylation sites (tertiary alicyclic amines) is 1. The molecule has 4 heterocycles. The number of hydrogen-bond donors (Lipinski definition) is 0. The van der Waals surface area contributed by atoms with Gasteiger partial charge in [0.25, 0.3) is 0 Å². The van der Waals surface area contributed by atoms with E-state index in [1.165, 1.54) is 7.11 Å². The number of methoxy groups -OCH3 is 1. The Kier molecular flexibility index (Phi) is 5.44. The van der Waals surface area contributed by atoms with Crippen molar-refractivity contribution in [3.05, 3.63) is 30.4 Å². The molecular weight excluding hydrogens is 384 g/mol. The minimum Gasteiger partial charge on any atom is -0.453 e. The normalized spacial score (nSPS) is 17.9. The third-order valence-electron chi connectivity index (χ3n) is 6.00. The molecule has 0 N–H and O–H groups in total. The Morgan fingerprint density at radius 2 is 1.97 bits per heavy atom. The zero-order valence-corrected chi connectivity index (χ0v) is 17.7. The largest absolute Gasteiger partial charge is 0.453 e. The van der Waals surface area contributed by atoms with Gasteiger partial charge < -0.3 is 14.2 Å². The quantitative estimate of drug-likeness (QED) is 0.768. The van der Waals surface area contributed by atoms with Gasteiger partial charge in [0.1, 0.15) is 0 Å². The first kappa shape index (κ1) is 20.3. The summed E-state index contributed by atoms with van der Waals surface area (Å²) in [6, 6.07) is 3.84. The molecule has 2 aromatic heterocycles. The van der Waals surface area contributed by atoms with Gasteiger partial charge in [-0.25, -0.2) is 4.79 Å². The number of carbonyl (C=O) groups excluding carboxylic acids is 2. The van der Waals surface area contributed by atoms with Gasteiger partial charge in [0.15, 0.2) is 11.6 Å². The van der Waals surface area contributed by atoms with E-state index >= 15 is 0 Å². The second-order valence-corrected chi connectivity index (χ2v) is 8.55. The molecule has 1 spiro atoms. The Morgan fingerprint density at radius 1 is 1.20 bits per heavy atom. The number of pyridine rings is 1. The highest BCUT2D eigenvalue weighted by Gasteiger charge is 2.46. The molecule has 30 heavy (non-hydrogen) atoms.